The maximum absolute atomic E-state index is 13.8. The highest BCUT2D eigenvalue weighted by Crippen LogP contribution is 2.27. The van der Waals surface area contributed by atoms with Crippen LogP contribution in [0.25, 0.3) is 0 Å². The van der Waals surface area contributed by atoms with E-state index in [0.29, 0.717) is 0 Å². The molecule has 0 saturated carbocycles. The zero-order chi connectivity index (χ0) is 17.0. The number of hydrogen-bond donors (Lipinski definition) is 2. The molecule has 1 fully saturated rings. The molecule has 1 aliphatic rings. The van der Waals surface area contributed by atoms with Gasteiger partial charge in [0.1, 0.15) is 5.82 Å². The van der Waals surface area contributed by atoms with Gasteiger partial charge in [0, 0.05) is 20.1 Å². The Hall–Kier alpha value is -2.48. The van der Waals surface area contributed by atoms with Crippen molar-refractivity contribution in [3.63, 3.8) is 0 Å². The number of halogens is 1. The number of aliphatic carboxylic acids is 1. The van der Waals surface area contributed by atoms with Gasteiger partial charge in [-0.25, -0.2) is 9.18 Å². The third-order valence-corrected chi connectivity index (χ3v) is 3.59. The zero-order valence-corrected chi connectivity index (χ0v) is 12.5. The maximum atomic E-state index is 13.8. The molecule has 8 heteroatoms. The summed E-state index contributed by atoms with van der Waals surface area (Å²) in [5, 5.41) is 11.3. The first kappa shape index (κ1) is 16.9. The molecule has 0 aromatic heterocycles. The average Bonchev–Trinajstić information content (AvgIpc) is 2.89. The topological polar surface area (TPSA) is 95.9 Å². The van der Waals surface area contributed by atoms with Crippen molar-refractivity contribution >= 4 is 23.5 Å². The van der Waals surface area contributed by atoms with E-state index < -0.39 is 29.7 Å². The fourth-order valence-electron chi connectivity index (χ4n) is 2.42. The van der Waals surface area contributed by atoms with Crippen molar-refractivity contribution < 1.29 is 28.6 Å². The number of para-hydroxylation sites is 1. The Bertz CT molecular complexity index is 622. The smallest absolute Gasteiger partial charge is 0.328 e. The van der Waals surface area contributed by atoms with Crippen LogP contribution < -0.4 is 10.2 Å². The Kier molecular flexibility index (Phi) is 5.28. The van der Waals surface area contributed by atoms with Gasteiger partial charge in [0.25, 0.3) is 0 Å². The molecule has 2 atom stereocenters. The Morgan fingerprint density at radius 3 is 2.78 bits per heavy atom. The SMILES string of the molecule is COCC(NC(=O)C1CC(=O)N(c2ccccc2F)C1)C(=O)O. The number of carboxylic acids is 1. The van der Waals surface area contributed by atoms with Crippen molar-refractivity contribution in [2.75, 3.05) is 25.2 Å². The second-order valence-corrected chi connectivity index (χ2v) is 5.21. The van der Waals surface area contributed by atoms with E-state index in [2.05, 4.69) is 5.32 Å². The van der Waals surface area contributed by atoms with Gasteiger partial charge in [-0.2, -0.15) is 0 Å². The van der Waals surface area contributed by atoms with Gasteiger partial charge in [-0.05, 0) is 12.1 Å². The van der Waals surface area contributed by atoms with Gasteiger partial charge in [0.05, 0.1) is 18.2 Å². The Balaban J connectivity index is 2.06. The number of hydrogen-bond acceptors (Lipinski definition) is 4. The highest BCUT2D eigenvalue weighted by molar-refractivity contribution is 6.00. The number of carbonyl (C=O) groups excluding carboxylic acids is 2. The first-order chi connectivity index (χ1) is 10.9. The van der Waals surface area contributed by atoms with E-state index >= 15 is 0 Å². The van der Waals surface area contributed by atoms with Crippen molar-refractivity contribution in [3.05, 3.63) is 30.1 Å². The summed E-state index contributed by atoms with van der Waals surface area (Å²) < 4.78 is 18.5. The lowest BCUT2D eigenvalue weighted by Gasteiger charge is -2.18. The largest absolute Gasteiger partial charge is 0.480 e. The first-order valence-corrected chi connectivity index (χ1v) is 7.01. The van der Waals surface area contributed by atoms with Crippen LogP contribution in [0.5, 0.6) is 0 Å². The lowest BCUT2D eigenvalue weighted by molar-refractivity contribution is -0.143. The number of carboxylic acid groups (broad SMARTS) is 1. The van der Waals surface area contributed by atoms with Gasteiger partial charge in [0.15, 0.2) is 6.04 Å². The summed E-state index contributed by atoms with van der Waals surface area (Å²) in [5.41, 5.74) is 0.111. The zero-order valence-electron chi connectivity index (χ0n) is 12.5. The molecule has 2 N–H and O–H groups in total. The van der Waals surface area contributed by atoms with E-state index in [1.165, 1.54) is 30.2 Å². The molecule has 1 heterocycles. The molecule has 2 unspecified atom stereocenters. The molecule has 0 bridgehead atoms. The minimum absolute atomic E-state index is 0.00488. The Morgan fingerprint density at radius 1 is 1.48 bits per heavy atom. The molecule has 0 aliphatic carbocycles. The van der Waals surface area contributed by atoms with Crippen LogP contribution in [0.2, 0.25) is 0 Å². The summed E-state index contributed by atoms with van der Waals surface area (Å²) in [6.45, 7) is -0.177. The van der Waals surface area contributed by atoms with Crippen LogP contribution in [0, 0.1) is 11.7 Å². The molecule has 1 aliphatic heterocycles. The fourth-order valence-corrected chi connectivity index (χ4v) is 2.42. The molecular weight excluding hydrogens is 307 g/mol. The predicted molar refractivity (Wildman–Crippen MR) is 78.3 cm³/mol. The number of nitrogens with one attached hydrogen (secondary N) is 1. The molecule has 1 aromatic rings. The number of rotatable bonds is 6. The molecule has 124 valence electrons. The lowest BCUT2D eigenvalue weighted by Crippen LogP contribution is -2.46. The second kappa shape index (κ2) is 7.19. The third-order valence-electron chi connectivity index (χ3n) is 3.59. The minimum atomic E-state index is -1.23. The van der Waals surface area contributed by atoms with Gasteiger partial charge in [-0.3, -0.25) is 9.59 Å². The van der Waals surface area contributed by atoms with E-state index in [0.717, 1.165) is 0 Å². The monoisotopic (exact) mass is 324 g/mol. The molecule has 1 aromatic carbocycles. The molecule has 1 saturated heterocycles. The van der Waals surface area contributed by atoms with Crippen LogP contribution in [-0.2, 0) is 19.1 Å². The molecular formula is C15H17FN2O5. The quantitative estimate of drug-likeness (QED) is 0.789. The van der Waals surface area contributed by atoms with Crippen molar-refractivity contribution in [3.8, 4) is 0 Å². The number of carbonyl (C=O) groups is 3. The van der Waals surface area contributed by atoms with Crippen LogP contribution in [-0.4, -0.2) is 49.2 Å². The normalized spacial score (nSPS) is 18.8. The number of nitrogens with zero attached hydrogens (tertiary/aromatic N) is 1. The van der Waals surface area contributed by atoms with E-state index in [1.807, 2.05) is 0 Å². The maximum Gasteiger partial charge on any atom is 0.328 e. The van der Waals surface area contributed by atoms with Gasteiger partial charge >= 0.3 is 5.97 Å². The predicted octanol–water partition coefficient (Wildman–Crippen LogP) is 0.394. The van der Waals surface area contributed by atoms with Gasteiger partial charge in [0.2, 0.25) is 11.8 Å². The summed E-state index contributed by atoms with van der Waals surface area (Å²) in [5.74, 6) is -3.46. The van der Waals surface area contributed by atoms with Crippen LogP contribution in [0.1, 0.15) is 6.42 Å². The number of ether oxygens (including phenoxy) is 1. The first-order valence-electron chi connectivity index (χ1n) is 7.01. The molecule has 2 amide bonds. The van der Waals surface area contributed by atoms with Crippen molar-refractivity contribution in [1.82, 2.24) is 5.32 Å². The van der Waals surface area contributed by atoms with E-state index in [-0.39, 0.29) is 31.2 Å². The van der Waals surface area contributed by atoms with Crippen LogP contribution >= 0.6 is 0 Å². The third kappa shape index (κ3) is 3.84. The standard InChI is InChI=1S/C15H17FN2O5/c1-23-8-11(15(21)22)17-14(20)9-6-13(19)18(7-9)12-5-3-2-4-10(12)16/h2-5,9,11H,6-8H2,1H3,(H,17,20)(H,21,22). The van der Waals surface area contributed by atoms with Crippen LogP contribution in [0.4, 0.5) is 10.1 Å². The van der Waals surface area contributed by atoms with Crippen molar-refractivity contribution in [1.29, 1.82) is 0 Å². The van der Waals surface area contributed by atoms with Gasteiger partial charge < -0.3 is 20.1 Å². The highest BCUT2D eigenvalue weighted by atomic mass is 19.1. The molecule has 23 heavy (non-hydrogen) atoms. The number of benzene rings is 1. The van der Waals surface area contributed by atoms with Crippen molar-refractivity contribution in [2.45, 2.75) is 12.5 Å². The Labute approximate surface area is 132 Å². The number of amides is 2. The Morgan fingerprint density at radius 2 is 2.17 bits per heavy atom. The summed E-state index contributed by atoms with van der Waals surface area (Å²) in [6.07, 6.45) is -0.0977. The van der Waals surface area contributed by atoms with Gasteiger partial charge in [-0.15, -0.1) is 0 Å². The van der Waals surface area contributed by atoms with E-state index in [4.69, 9.17) is 9.84 Å². The average molecular weight is 324 g/mol. The molecule has 0 radical (unpaired) electrons. The summed E-state index contributed by atoms with van der Waals surface area (Å²) in [6, 6.07) is 4.60. The fraction of sp³-hybridized carbons (Fsp3) is 0.400. The minimum Gasteiger partial charge on any atom is -0.480 e. The van der Waals surface area contributed by atoms with Crippen LogP contribution in [0.15, 0.2) is 24.3 Å². The summed E-state index contributed by atoms with van der Waals surface area (Å²) >= 11 is 0. The van der Waals surface area contributed by atoms with Gasteiger partial charge in [-0.1, -0.05) is 12.1 Å². The summed E-state index contributed by atoms with van der Waals surface area (Å²) in [7, 11) is 1.32. The number of methoxy groups -OCH3 is 1. The molecule has 7 nitrogen and oxygen atoms in total. The molecule has 0 spiro atoms. The summed E-state index contributed by atoms with van der Waals surface area (Å²) in [4.78, 5) is 36.4. The van der Waals surface area contributed by atoms with E-state index in [1.54, 1.807) is 6.07 Å². The lowest BCUT2D eigenvalue weighted by atomic mass is 10.1. The highest BCUT2D eigenvalue weighted by Gasteiger charge is 2.37. The van der Waals surface area contributed by atoms with E-state index in [9.17, 15) is 18.8 Å². The second-order valence-electron chi connectivity index (χ2n) is 5.21. The van der Waals surface area contributed by atoms with Crippen molar-refractivity contribution in [2.24, 2.45) is 5.92 Å². The number of anilines is 1. The molecule has 2 rings (SSSR count). The van der Waals surface area contributed by atoms with Crippen LogP contribution in [0.3, 0.4) is 0 Å².